The largest absolute Gasteiger partial charge is 0.367 e. The molecule has 1 atom stereocenters. The maximum Gasteiger partial charge on any atom is 0.126 e. The Morgan fingerprint density at radius 1 is 1.42 bits per heavy atom. The molecule has 0 aliphatic carbocycles. The standard InChI is InChI=1S/C15H20FN3/c1-2-19-9-4-7-15(12-17,8-10-19)18-14-6-3-5-13(16)11-14/h3,5-6,11,18H,2,4,7-10H2,1H3. The van der Waals surface area contributed by atoms with Crippen molar-refractivity contribution in [1.29, 1.82) is 5.26 Å². The minimum atomic E-state index is -0.572. The number of nitrogens with zero attached hydrogens (tertiary/aromatic N) is 2. The summed E-state index contributed by atoms with van der Waals surface area (Å²) in [4.78, 5) is 2.35. The van der Waals surface area contributed by atoms with Crippen molar-refractivity contribution in [3.05, 3.63) is 30.1 Å². The highest BCUT2D eigenvalue weighted by atomic mass is 19.1. The molecule has 1 aromatic rings. The summed E-state index contributed by atoms with van der Waals surface area (Å²) in [6.07, 6.45) is 2.56. The van der Waals surface area contributed by atoms with Crippen LogP contribution in [0.3, 0.4) is 0 Å². The number of hydrogen-bond donors (Lipinski definition) is 1. The van der Waals surface area contributed by atoms with Crippen LogP contribution in [0.2, 0.25) is 0 Å². The van der Waals surface area contributed by atoms with Gasteiger partial charge < -0.3 is 10.2 Å². The van der Waals surface area contributed by atoms with E-state index >= 15 is 0 Å². The van der Waals surface area contributed by atoms with Crippen molar-refractivity contribution >= 4 is 5.69 Å². The molecule has 0 aromatic heterocycles. The van der Waals surface area contributed by atoms with Gasteiger partial charge in [-0.3, -0.25) is 0 Å². The molecule has 1 aliphatic heterocycles. The minimum absolute atomic E-state index is 0.276. The van der Waals surface area contributed by atoms with Gasteiger partial charge in [-0.15, -0.1) is 0 Å². The molecule has 1 saturated heterocycles. The third-order valence-corrected chi connectivity index (χ3v) is 3.80. The van der Waals surface area contributed by atoms with Crippen molar-refractivity contribution in [2.75, 3.05) is 25.0 Å². The predicted molar refractivity (Wildman–Crippen MR) is 74.3 cm³/mol. The first-order valence-corrected chi connectivity index (χ1v) is 6.85. The number of halogens is 1. The van der Waals surface area contributed by atoms with Crippen LogP contribution in [0, 0.1) is 17.1 Å². The zero-order valence-corrected chi connectivity index (χ0v) is 11.3. The Balaban J connectivity index is 2.12. The number of hydrogen-bond acceptors (Lipinski definition) is 3. The van der Waals surface area contributed by atoms with Crippen LogP contribution in [-0.2, 0) is 0 Å². The highest BCUT2D eigenvalue weighted by Crippen LogP contribution is 2.26. The molecule has 1 heterocycles. The van der Waals surface area contributed by atoms with E-state index in [4.69, 9.17) is 0 Å². The Bertz CT molecular complexity index is 469. The van der Waals surface area contributed by atoms with E-state index in [1.807, 2.05) is 6.07 Å². The van der Waals surface area contributed by atoms with Crippen molar-refractivity contribution in [2.45, 2.75) is 31.7 Å². The number of nitrogens with one attached hydrogen (secondary N) is 1. The summed E-state index contributed by atoms with van der Waals surface area (Å²) in [5.41, 5.74) is 0.115. The Hall–Kier alpha value is -1.60. The quantitative estimate of drug-likeness (QED) is 0.909. The van der Waals surface area contributed by atoms with Gasteiger partial charge in [-0.2, -0.15) is 5.26 Å². The molecule has 3 nitrogen and oxygen atoms in total. The molecule has 19 heavy (non-hydrogen) atoms. The van der Waals surface area contributed by atoms with E-state index in [2.05, 4.69) is 23.2 Å². The molecular formula is C15H20FN3. The van der Waals surface area contributed by atoms with E-state index in [0.717, 1.165) is 38.9 Å². The zero-order chi connectivity index (χ0) is 13.7. The van der Waals surface area contributed by atoms with Crippen LogP contribution in [-0.4, -0.2) is 30.1 Å². The van der Waals surface area contributed by atoms with Crippen LogP contribution in [0.1, 0.15) is 26.2 Å². The van der Waals surface area contributed by atoms with E-state index in [9.17, 15) is 9.65 Å². The lowest BCUT2D eigenvalue weighted by Gasteiger charge is -2.27. The number of nitriles is 1. The molecule has 1 aliphatic rings. The summed E-state index contributed by atoms with van der Waals surface area (Å²) in [5.74, 6) is -0.276. The topological polar surface area (TPSA) is 39.1 Å². The van der Waals surface area contributed by atoms with E-state index in [0.29, 0.717) is 5.69 Å². The van der Waals surface area contributed by atoms with Gasteiger partial charge >= 0.3 is 0 Å². The van der Waals surface area contributed by atoms with Crippen LogP contribution >= 0.6 is 0 Å². The third-order valence-electron chi connectivity index (χ3n) is 3.80. The van der Waals surface area contributed by atoms with Gasteiger partial charge in [0, 0.05) is 12.2 Å². The van der Waals surface area contributed by atoms with Gasteiger partial charge in [0.25, 0.3) is 0 Å². The first-order valence-electron chi connectivity index (χ1n) is 6.85. The van der Waals surface area contributed by atoms with Gasteiger partial charge in [-0.25, -0.2) is 4.39 Å². The van der Waals surface area contributed by atoms with Crippen LogP contribution in [0.25, 0.3) is 0 Å². The summed E-state index contributed by atoms with van der Waals surface area (Å²) in [6, 6.07) is 8.74. The summed E-state index contributed by atoms with van der Waals surface area (Å²) >= 11 is 0. The van der Waals surface area contributed by atoms with Gasteiger partial charge in [0.15, 0.2) is 0 Å². The second kappa shape index (κ2) is 6.03. The summed E-state index contributed by atoms with van der Waals surface area (Å²) in [7, 11) is 0. The molecule has 102 valence electrons. The molecule has 1 fully saturated rings. The fourth-order valence-electron chi connectivity index (χ4n) is 2.61. The zero-order valence-electron chi connectivity index (χ0n) is 11.3. The van der Waals surface area contributed by atoms with E-state index in [-0.39, 0.29) is 5.82 Å². The van der Waals surface area contributed by atoms with Crippen molar-refractivity contribution in [1.82, 2.24) is 4.90 Å². The van der Waals surface area contributed by atoms with Crippen LogP contribution in [0.5, 0.6) is 0 Å². The highest BCUT2D eigenvalue weighted by Gasteiger charge is 2.32. The van der Waals surface area contributed by atoms with Crippen LogP contribution in [0.4, 0.5) is 10.1 Å². The molecule has 1 N–H and O–H groups in total. The summed E-state index contributed by atoms with van der Waals surface area (Å²) in [5, 5.41) is 12.8. The minimum Gasteiger partial charge on any atom is -0.367 e. The maximum atomic E-state index is 13.2. The van der Waals surface area contributed by atoms with Gasteiger partial charge in [0.2, 0.25) is 0 Å². The van der Waals surface area contributed by atoms with Crippen molar-refractivity contribution in [3.8, 4) is 6.07 Å². The Morgan fingerprint density at radius 3 is 2.95 bits per heavy atom. The van der Waals surface area contributed by atoms with Gasteiger partial charge in [-0.1, -0.05) is 13.0 Å². The molecule has 2 rings (SSSR count). The van der Waals surface area contributed by atoms with E-state index in [1.54, 1.807) is 6.07 Å². The lowest BCUT2D eigenvalue weighted by atomic mass is 9.92. The fourth-order valence-corrected chi connectivity index (χ4v) is 2.61. The molecular weight excluding hydrogens is 241 g/mol. The van der Waals surface area contributed by atoms with Crippen LogP contribution < -0.4 is 5.32 Å². The molecule has 0 radical (unpaired) electrons. The first kappa shape index (κ1) is 13.8. The lowest BCUT2D eigenvalue weighted by molar-refractivity contribution is 0.297. The SMILES string of the molecule is CCN1CCCC(C#N)(Nc2cccc(F)c2)CC1. The average molecular weight is 261 g/mol. The molecule has 0 amide bonds. The Labute approximate surface area is 114 Å². The second-order valence-corrected chi connectivity index (χ2v) is 5.12. The van der Waals surface area contributed by atoms with Crippen molar-refractivity contribution in [3.63, 3.8) is 0 Å². The number of rotatable bonds is 3. The molecule has 0 saturated carbocycles. The Kier molecular flexibility index (Phi) is 4.39. The third kappa shape index (κ3) is 3.45. The summed E-state index contributed by atoms with van der Waals surface area (Å²) in [6.45, 7) is 5.10. The molecule has 0 bridgehead atoms. The number of likely N-dealkylation sites (tertiary alicyclic amines) is 1. The fraction of sp³-hybridized carbons (Fsp3) is 0.533. The Morgan fingerprint density at radius 2 is 2.26 bits per heavy atom. The van der Waals surface area contributed by atoms with Gasteiger partial charge in [0.05, 0.1) is 6.07 Å². The second-order valence-electron chi connectivity index (χ2n) is 5.12. The van der Waals surface area contributed by atoms with Crippen molar-refractivity contribution < 1.29 is 4.39 Å². The molecule has 1 aromatic carbocycles. The molecule has 4 heteroatoms. The van der Waals surface area contributed by atoms with Gasteiger partial charge in [0.1, 0.15) is 11.4 Å². The molecule has 1 unspecified atom stereocenters. The average Bonchev–Trinajstić information content (AvgIpc) is 2.62. The van der Waals surface area contributed by atoms with E-state index in [1.165, 1.54) is 12.1 Å². The first-order chi connectivity index (χ1) is 9.17. The molecule has 0 spiro atoms. The number of benzene rings is 1. The van der Waals surface area contributed by atoms with Crippen LogP contribution in [0.15, 0.2) is 24.3 Å². The predicted octanol–water partition coefficient (Wildman–Crippen LogP) is 3.01. The maximum absolute atomic E-state index is 13.2. The highest BCUT2D eigenvalue weighted by molar-refractivity contribution is 5.48. The number of anilines is 1. The van der Waals surface area contributed by atoms with Crippen molar-refractivity contribution in [2.24, 2.45) is 0 Å². The monoisotopic (exact) mass is 261 g/mol. The van der Waals surface area contributed by atoms with Gasteiger partial charge in [-0.05, 0) is 50.6 Å². The lowest BCUT2D eigenvalue weighted by Crippen LogP contribution is -2.38. The van der Waals surface area contributed by atoms with E-state index < -0.39 is 5.54 Å². The smallest absolute Gasteiger partial charge is 0.126 e. The normalized spacial score (nSPS) is 24.5. The summed E-state index contributed by atoms with van der Waals surface area (Å²) < 4.78 is 13.2.